The summed E-state index contributed by atoms with van der Waals surface area (Å²) in [6.07, 6.45) is 0. The van der Waals surface area contributed by atoms with Crippen molar-refractivity contribution in [2.45, 2.75) is 19.1 Å². The molecule has 0 aromatic rings. The molecule has 5 heavy (non-hydrogen) atoms. The molecular formula is C3H8PbS. The maximum atomic E-state index is 3.97. The maximum absolute atomic E-state index is 3.97. The zero-order chi connectivity index (χ0) is 3.58. The fraction of sp³-hybridized carbons (Fsp3) is 1.00. The fourth-order valence-electron chi connectivity index (χ4n) is 0. The molecule has 0 nitrogen and oxygen atoms in total. The van der Waals surface area contributed by atoms with Crippen molar-refractivity contribution >= 4 is 39.9 Å². The summed E-state index contributed by atoms with van der Waals surface area (Å²) in [6, 6.07) is 0. The van der Waals surface area contributed by atoms with Crippen LogP contribution < -0.4 is 0 Å². The molecule has 0 aliphatic heterocycles. The Morgan fingerprint density at radius 1 is 1.40 bits per heavy atom. The summed E-state index contributed by atoms with van der Waals surface area (Å²) in [5.41, 5.74) is 0. The van der Waals surface area contributed by atoms with Gasteiger partial charge in [0, 0.05) is 27.3 Å². The molecule has 0 unspecified atom stereocenters. The second kappa shape index (κ2) is 5.27. The van der Waals surface area contributed by atoms with Gasteiger partial charge in [-0.05, 0) is 5.25 Å². The van der Waals surface area contributed by atoms with Crippen molar-refractivity contribution < 1.29 is 0 Å². The summed E-state index contributed by atoms with van der Waals surface area (Å²) in [6.45, 7) is 4.06. The second-order valence-corrected chi connectivity index (χ2v) is 2.13. The molecule has 2 heteroatoms. The van der Waals surface area contributed by atoms with Crippen LogP contribution in [0.25, 0.3) is 0 Å². The number of hydrogen-bond donors (Lipinski definition) is 1. The zero-order valence-electron chi connectivity index (χ0n) is 3.52. The van der Waals surface area contributed by atoms with Crippen molar-refractivity contribution in [3.8, 4) is 0 Å². The normalized spacial score (nSPS) is 7.20. The third-order valence-corrected chi connectivity index (χ3v) is 0. The minimum absolute atomic E-state index is 0. The van der Waals surface area contributed by atoms with Gasteiger partial charge < -0.3 is 0 Å². The van der Waals surface area contributed by atoms with E-state index in [2.05, 4.69) is 12.6 Å². The van der Waals surface area contributed by atoms with Crippen LogP contribution in [0.4, 0.5) is 0 Å². The van der Waals surface area contributed by atoms with Gasteiger partial charge in [0.05, 0.1) is 0 Å². The van der Waals surface area contributed by atoms with Crippen molar-refractivity contribution in [1.82, 2.24) is 0 Å². The SMILES string of the molecule is CC(C)S.[Pb]. The average molecular weight is 283 g/mol. The van der Waals surface area contributed by atoms with Crippen molar-refractivity contribution in [2.75, 3.05) is 0 Å². The standard InChI is InChI=1S/C3H8S.Pb/c1-3(2)4;/h3-4H,1-2H3;. The van der Waals surface area contributed by atoms with Crippen LogP contribution in [0, 0.1) is 0 Å². The predicted octanol–water partition coefficient (Wildman–Crippen LogP) is 0.944. The summed E-state index contributed by atoms with van der Waals surface area (Å²) < 4.78 is 0. The quantitative estimate of drug-likeness (QED) is 0.496. The van der Waals surface area contributed by atoms with E-state index in [1.165, 1.54) is 0 Å². The molecular weight excluding hydrogens is 275 g/mol. The molecule has 0 fully saturated rings. The summed E-state index contributed by atoms with van der Waals surface area (Å²) in [4.78, 5) is 0. The number of thiol groups is 1. The van der Waals surface area contributed by atoms with Gasteiger partial charge in [-0.15, -0.1) is 0 Å². The molecule has 0 aliphatic carbocycles. The molecule has 0 aliphatic rings. The molecule has 0 amide bonds. The summed E-state index contributed by atoms with van der Waals surface area (Å²) in [5, 5.41) is 0.528. The molecule has 0 bridgehead atoms. The van der Waals surface area contributed by atoms with Crippen LogP contribution in [-0.4, -0.2) is 32.5 Å². The van der Waals surface area contributed by atoms with Gasteiger partial charge >= 0.3 is 0 Å². The monoisotopic (exact) mass is 284 g/mol. The summed E-state index contributed by atoms with van der Waals surface area (Å²) in [5.74, 6) is 0. The van der Waals surface area contributed by atoms with Crippen LogP contribution in [0.15, 0.2) is 0 Å². The Hall–Kier alpha value is 1.27. The van der Waals surface area contributed by atoms with Crippen LogP contribution in [0.3, 0.4) is 0 Å². The Morgan fingerprint density at radius 3 is 1.40 bits per heavy atom. The molecule has 30 valence electrons. The first kappa shape index (κ1) is 9.55. The van der Waals surface area contributed by atoms with Crippen LogP contribution in [0.5, 0.6) is 0 Å². The molecule has 0 saturated heterocycles. The molecule has 0 N–H and O–H groups in total. The third kappa shape index (κ3) is 34.9. The van der Waals surface area contributed by atoms with Crippen molar-refractivity contribution in [2.24, 2.45) is 0 Å². The first-order valence-electron chi connectivity index (χ1n) is 1.41. The van der Waals surface area contributed by atoms with E-state index < -0.39 is 0 Å². The van der Waals surface area contributed by atoms with Gasteiger partial charge in [0.1, 0.15) is 0 Å². The van der Waals surface area contributed by atoms with E-state index in [1.54, 1.807) is 0 Å². The van der Waals surface area contributed by atoms with Gasteiger partial charge in [0.2, 0.25) is 0 Å². The third-order valence-electron chi connectivity index (χ3n) is 0. The first-order valence-corrected chi connectivity index (χ1v) is 1.93. The maximum Gasteiger partial charge on any atom is 0 e. The largest absolute Gasteiger partial charge is 0.177 e. The van der Waals surface area contributed by atoms with E-state index in [1.807, 2.05) is 13.8 Å². The van der Waals surface area contributed by atoms with Crippen molar-refractivity contribution in [3.63, 3.8) is 0 Å². The van der Waals surface area contributed by atoms with E-state index in [9.17, 15) is 0 Å². The minimum Gasteiger partial charge on any atom is -0.177 e. The van der Waals surface area contributed by atoms with Crippen molar-refractivity contribution in [1.29, 1.82) is 0 Å². The summed E-state index contributed by atoms with van der Waals surface area (Å²) in [7, 11) is 0. The number of rotatable bonds is 0. The van der Waals surface area contributed by atoms with E-state index >= 15 is 0 Å². The molecule has 0 atom stereocenters. The van der Waals surface area contributed by atoms with E-state index in [0.717, 1.165) is 0 Å². The molecule has 0 spiro atoms. The van der Waals surface area contributed by atoms with Crippen LogP contribution in [-0.2, 0) is 0 Å². The van der Waals surface area contributed by atoms with Gasteiger partial charge in [-0.1, -0.05) is 13.8 Å². The molecule has 4 radical (unpaired) electrons. The predicted molar refractivity (Wildman–Crippen MR) is 29.9 cm³/mol. The first-order chi connectivity index (χ1) is 1.73. The Bertz CT molecular complexity index is 11.6. The second-order valence-electron chi connectivity index (χ2n) is 1.09. The Balaban J connectivity index is 0. The summed E-state index contributed by atoms with van der Waals surface area (Å²) >= 11 is 3.97. The Kier molecular flexibility index (Phi) is 10.1. The van der Waals surface area contributed by atoms with Gasteiger partial charge in [-0.2, -0.15) is 12.6 Å². The van der Waals surface area contributed by atoms with Gasteiger partial charge in [0.15, 0.2) is 0 Å². The smallest absolute Gasteiger partial charge is 0 e. The molecule has 0 aromatic carbocycles. The Labute approximate surface area is 58.9 Å². The van der Waals surface area contributed by atoms with E-state index in [4.69, 9.17) is 0 Å². The van der Waals surface area contributed by atoms with Crippen LogP contribution in [0.2, 0.25) is 0 Å². The number of hydrogen-bond acceptors (Lipinski definition) is 1. The fourth-order valence-corrected chi connectivity index (χ4v) is 0. The molecule has 0 aromatic heterocycles. The van der Waals surface area contributed by atoms with E-state index in [0.29, 0.717) is 5.25 Å². The van der Waals surface area contributed by atoms with Gasteiger partial charge in [-0.3, -0.25) is 0 Å². The minimum atomic E-state index is 0. The topological polar surface area (TPSA) is 0 Å². The molecule has 0 heterocycles. The zero-order valence-corrected chi connectivity index (χ0v) is 8.31. The molecule has 0 saturated carbocycles. The van der Waals surface area contributed by atoms with Crippen LogP contribution >= 0.6 is 12.6 Å². The van der Waals surface area contributed by atoms with Gasteiger partial charge in [0.25, 0.3) is 0 Å². The average Bonchev–Trinajstić information content (AvgIpc) is 0.811. The van der Waals surface area contributed by atoms with Gasteiger partial charge in [-0.25, -0.2) is 0 Å². The van der Waals surface area contributed by atoms with E-state index in [-0.39, 0.29) is 27.3 Å². The van der Waals surface area contributed by atoms with Crippen LogP contribution in [0.1, 0.15) is 13.8 Å². The Morgan fingerprint density at radius 2 is 1.40 bits per heavy atom. The molecule has 0 rings (SSSR count). The van der Waals surface area contributed by atoms with Crippen molar-refractivity contribution in [3.05, 3.63) is 0 Å².